The van der Waals surface area contributed by atoms with Gasteiger partial charge in [-0.2, -0.15) is 0 Å². The van der Waals surface area contributed by atoms with Crippen molar-refractivity contribution in [3.05, 3.63) is 35.9 Å². The largest absolute Gasteiger partial charge is 0.376 e. The summed E-state index contributed by atoms with van der Waals surface area (Å²) < 4.78 is 31.1. The van der Waals surface area contributed by atoms with Crippen molar-refractivity contribution in [2.24, 2.45) is 10.9 Å². The molecule has 0 aromatic heterocycles. The van der Waals surface area contributed by atoms with Gasteiger partial charge >= 0.3 is 0 Å². The van der Waals surface area contributed by atoms with Crippen LogP contribution in [0.3, 0.4) is 0 Å². The molecule has 1 unspecified atom stereocenters. The number of nitrogens with zero attached hydrogens (tertiary/aromatic N) is 1. The molecule has 0 heterocycles. The fourth-order valence-electron chi connectivity index (χ4n) is 2.22. The molecule has 1 rings (SSSR count). The molecule has 1 aromatic carbocycles. The molecule has 0 saturated carbocycles. The Morgan fingerprint density at radius 3 is 2.50 bits per heavy atom. The molecule has 9 heteroatoms. The summed E-state index contributed by atoms with van der Waals surface area (Å²) in [5.41, 5.74) is 1.17. The summed E-state index contributed by atoms with van der Waals surface area (Å²) in [5, 5.41) is 6.42. The van der Waals surface area contributed by atoms with Gasteiger partial charge in [0.15, 0.2) is 5.96 Å². The summed E-state index contributed by atoms with van der Waals surface area (Å²) in [4.78, 5) is 4.58. The van der Waals surface area contributed by atoms with Gasteiger partial charge in [0, 0.05) is 26.2 Å². The lowest BCUT2D eigenvalue weighted by molar-refractivity contribution is 0.0945. The van der Waals surface area contributed by atoms with Gasteiger partial charge in [0.05, 0.1) is 19.0 Å². The zero-order chi connectivity index (χ0) is 20.0. The number of benzene rings is 1. The third kappa shape index (κ3) is 13.3. The number of nitrogens with one attached hydrogen (secondary N) is 3. The van der Waals surface area contributed by atoms with Crippen LogP contribution in [0.5, 0.6) is 0 Å². The number of guanidine groups is 1. The first-order valence-electron chi connectivity index (χ1n) is 9.58. The van der Waals surface area contributed by atoms with Crippen LogP contribution in [-0.4, -0.2) is 52.9 Å². The standard InChI is InChI=1S/C19H34N4O3S.HI/c1-4-20-19(21-12-9-13-23-27(24,25)5-2)22-14-17(3)15-26-16-18-10-7-6-8-11-18;/h6-8,10-11,17,23H,4-5,9,12-16H2,1-3H3,(H2,20,21,22);1H. The minimum Gasteiger partial charge on any atom is -0.376 e. The number of halogens is 1. The van der Waals surface area contributed by atoms with Gasteiger partial charge in [0.2, 0.25) is 10.0 Å². The molecule has 0 spiro atoms. The molecule has 0 bridgehead atoms. The average Bonchev–Trinajstić information content (AvgIpc) is 2.66. The predicted octanol–water partition coefficient (Wildman–Crippen LogP) is 2.34. The van der Waals surface area contributed by atoms with Crippen molar-refractivity contribution in [1.82, 2.24) is 15.4 Å². The highest BCUT2D eigenvalue weighted by Gasteiger charge is 2.06. The second-order valence-electron chi connectivity index (χ2n) is 6.40. The van der Waals surface area contributed by atoms with Gasteiger partial charge in [-0.05, 0) is 31.7 Å². The van der Waals surface area contributed by atoms with Crippen molar-refractivity contribution in [3.8, 4) is 0 Å². The molecule has 0 radical (unpaired) electrons. The van der Waals surface area contributed by atoms with Crippen LogP contribution >= 0.6 is 24.0 Å². The lowest BCUT2D eigenvalue weighted by Crippen LogP contribution is -2.39. The zero-order valence-corrected chi connectivity index (χ0v) is 20.3. The predicted molar refractivity (Wildman–Crippen MR) is 127 cm³/mol. The normalized spacial score (nSPS) is 12.9. The molecule has 162 valence electrons. The fourth-order valence-corrected chi connectivity index (χ4v) is 2.88. The lowest BCUT2D eigenvalue weighted by Gasteiger charge is -2.14. The summed E-state index contributed by atoms with van der Waals surface area (Å²) in [6, 6.07) is 10.1. The molecular weight excluding hydrogens is 491 g/mol. The topological polar surface area (TPSA) is 91.8 Å². The van der Waals surface area contributed by atoms with Crippen molar-refractivity contribution in [3.63, 3.8) is 0 Å². The molecule has 0 aliphatic rings. The van der Waals surface area contributed by atoms with E-state index in [9.17, 15) is 8.42 Å². The second-order valence-corrected chi connectivity index (χ2v) is 8.50. The number of rotatable bonds is 13. The van der Waals surface area contributed by atoms with Crippen LogP contribution in [0.15, 0.2) is 35.3 Å². The summed E-state index contributed by atoms with van der Waals surface area (Å²) in [5.74, 6) is 1.15. The SMILES string of the molecule is CCNC(=NCC(C)COCc1ccccc1)NCCCNS(=O)(=O)CC.I. The van der Waals surface area contributed by atoms with Crippen LogP contribution in [0.1, 0.15) is 32.8 Å². The van der Waals surface area contributed by atoms with E-state index in [0.29, 0.717) is 45.2 Å². The number of hydrogen-bond acceptors (Lipinski definition) is 4. The van der Waals surface area contributed by atoms with E-state index in [1.165, 1.54) is 5.56 Å². The minimum absolute atomic E-state index is 0. The highest BCUT2D eigenvalue weighted by molar-refractivity contribution is 14.0. The summed E-state index contributed by atoms with van der Waals surface area (Å²) in [6.07, 6.45) is 0.694. The highest BCUT2D eigenvalue weighted by atomic mass is 127. The van der Waals surface area contributed by atoms with E-state index >= 15 is 0 Å². The van der Waals surface area contributed by atoms with Gasteiger partial charge in [0.1, 0.15) is 0 Å². The molecule has 0 amide bonds. The Hall–Kier alpha value is -0.910. The number of hydrogen-bond donors (Lipinski definition) is 3. The van der Waals surface area contributed by atoms with Crippen LogP contribution in [0.2, 0.25) is 0 Å². The number of ether oxygens (including phenoxy) is 1. The monoisotopic (exact) mass is 526 g/mol. The Morgan fingerprint density at radius 2 is 1.86 bits per heavy atom. The number of sulfonamides is 1. The minimum atomic E-state index is -3.12. The third-order valence-corrected chi connectivity index (χ3v) is 5.17. The van der Waals surface area contributed by atoms with Crippen molar-refractivity contribution >= 4 is 40.0 Å². The molecule has 7 nitrogen and oxygen atoms in total. The van der Waals surface area contributed by atoms with E-state index in [-0.39, 0.29) is 29.7 Å². The molecule has 0 aliphatic carbocycles. The quantitative estimate of drug-likeness (QED) is 0.159. The van der Waals surface area contributed by atoms with E-state index in [1.54, 1.807) is 6.92 Å². The molecular formula is C19H35IN4O3S. The zero-order valence-electron chi connectivity index (χ0n) is 17.1. The van der Waals surface area contributed by atoms with Crippen LogP contribution in [-0.2, 0) is 21.4 Å². The van der Waals surface area contributed by atoms with Crippen molar-refractivity contribution in [1.29, 1.82) is 0 Å². The van der Waals surface area contributed by atoms with E-state index in [0.717, 1.165) is 12.5 Å². The first-order chi connectivity index (χ1) is 13.0. The maximum Gasteiger partial charge on any atom is 0.211 e. The van der Waals surface area contributed by atoms with Crippen LogP contribution in [0.4, 0.5) is 0 Å². The Morgan fingerprint density at radius 1 is 1.14 bits per heavy atom. The van der Waals surface area contributed by atoms with E-state index in [1.807, 2.05) is 25.1 Å². The average molecular weight is 526 g/mol. The first kappa shape index (κ1) is 27.1. The third-order valence-electron chi connectivity index (χ3n) is 3.77. The van der Waals surface area contributed by atoms with Gasteiger partial charge in [-0.3, -0.25) is 4.99 Å². The molecule has 1 atom stereocenters. The van der Waals surface area contributed by atoms with Crippen molar-refractivity contribution in [2.45, 2.75) is 33.8 Å². The van der Waals surface area contributed by atoms with Crippen LogP contribution in [0, 0.1) is 5.92 Å². The molecule has 3 N–H and O–H groups in total. The Bertz CT molecular complexity index is 642. The Balaban J connectivity index is 0.00000729. The smallest absolute Gasteiger partial charge is 0.211 e. The fraction of sp³-hybridized carbons (Fsp3) is 0.632. The maximum absolute atomic E-state index is 11.4. The van der Waals surface area contributed by atoms with Crippen LogP contribution in [0.25, 0.3) is 0 Å². The summed E-state index contributed by atoms with van der Waals surface area (Å²) >= 11 is 0. The van der Waals surface area contributed by atoms with E-state index in [4.69, 9.17) is 4.74 Å². The first-order valence-corrected chi connectivity index (χ1v) is 11.2. The van der Waals surface area contributed by atoms with Crippen molar-refractivity contribution in [2.75, 3.05) is 38.5 Å². The molecule has 1 aromatic rings. The van der Waals surface area contributed by atoms with E-state index < -0.39 is 10.0 Å². The molecule has 0 saturated heterocycles. The molecule has 0 aliphatic heterocycles. The van der Waals surface area contributed by atoms with Gasteiger partial charge in [-0.1, -0.05) is 37.3 Å². The Kier molecular flexibility index (Phi) is 15.4. The second kappa shape index (κ2) is 15.9. The van der Waals surface area contributed by atoms with Gasteiger partial charge in [-0.25, -0.2) is 13.1 Å². The number of aliphatic imine (C=N–C) groups is 1. The summed E-state index contributed by atoms with van der Waals surface area (Å²) in [6.45, 7) is 9.51. The summed E-state index contributed by atoms with van der Waals surface area (Å²) in [7, 11) is -3.12. The molecule has 0 fully saturated rings. The van der Waals surface area contributed by atoms with Gasteiger partial charge in [-0.15, -0.1) is 24.0 Å². The van der Waals surface area contributed by atoms with Gasteiger partial charge < -0.3 is 15.4 Å². The Labute approximate surface area is 187 Å². The van der Waals surface area contributed by atoms with E-state index in [2.05, 4.69) is 39.4 Å². The van der Waals surface area contributed by atoms with Gasteiger partial charge in [0.25, 0.3) is 0 Å². The van der Waals surface area contributed by atoms with Crippen molar-refractivity contribution < 1.29 is 13.2 Å². The highest BCUT2D eigenvalue weighted by Crippen LogP contribution is 2.03. The lowest BCUT2D eigenvalue weighted by atomic mass is 10.2. The maximum atomic E-state index is 11.4. The van der Waals surface area contributed by atoms with Crippen LogP contribution < -0.4 is 15.4 Å². The molecule has 28 heavy (non-hydrogen) atoms.